The highest BCUT2D eigenvalue weighted by molar-refractivity contribution is 7.98. The van der Waals surface area contributed by atoms with Crippen LogP contribution in [0.4, 0.5) is 5.69 Å². The highest BCUT2D eigenvalue weighted by atomic mass is 35.5. The highest BCUT2D eigenvalue weighted by Crippen LogP contribution is 2.43. The molecule has 1 aromatic heterocycles. The first-order valence-electron chi connectivity index (χ1n) is 10.3. The van der Waals surface area contributed by atoms with E-state index in [4.69, 9.17) is 20.8 Å². The topological polar surface area (TPSA) is 59.8 Å². The molecule has 166 valence electrons. The quantitative estimate of drug-likeness (QED) is 0.326. The Morgan fingerprint density at radius 2 is 1.79 bits per heavy atom. The third-order valence-electron chi connectivity index (χ3n) is 5.87. The third kappa shape index (κ3) is 3.50. The summed E-state index contributed by atoms with van der Waals surface area (Å²) in [6.07, 6.45) is 2.00. The average molecular weight is 478 g/mol. The summed E-state index contributed by atoms with van der Waals surface area (Å²) in [5, 5.41) is 0.831. The fourth-order valence-corrected chi connectivity index (χ4v) is 4.92. The van der Waals surface area contributed by atoms with E-state index < -0.39 is 6.04 Å². The van der Waals surface area contributed by atoms with E-state index in [2.05, 4.69) is 0 Å². The van der Waals surface area contributed by atoms with E-state index in [0.29, 0.717) is 33.0 Å². The maximum Gasteiger partial charge on any atom is 0.295 e. The molecule has 0 bridgehead atoms. The molecule has 0 aliphatic carbocycles. The molecule has 7 heteroatoms. The number of ether oxygens (including phenoxy) is 1. The minimum atomic E-state index is -0.644. The molecule has 2 heterocycles. The van der Waals surface area contributed by atoms with Crippen LogP contribution in [0.25, 0.3) is 11.0 Å². The monoisotopic (exact) mass is 477 g/mol. The van der Waals surface area contributed by atoms with Crippen LogP contribution in [0.2, 0.25) is 5.02 Å². The molecule has 1 amide bonds. The van der Waals surface area contributed by atoms with Gasteiger partial charge in [0.15, 0.2) is 5.43 Å². The Kier molecular flexibility index (Phi) is 5.43. The molecular weight excluding hydrogens is 458 g/mol. The molecule has 1 aliphatic rings. The Hall–Kier alpha value is -3.22. The van der Waals surface area contributed by atoms with Gasteiger partial charge in [-0.05, 0) is 61.2 Å². The number of carbonyl (C=O) groups excluding carboxylic acids is 1. The van der Waals surface area contributed by atoms with Crippen LogP contribution in [0.15, 0.2) is 74.8 Å². The highest BCUT2D eigenvalue weighted by Gasteiger charge is 2.43. The van der Waals surface area contributed by atoms with Crippen LogP contribution in [0.5, 0.6) is 5.75 Å². The Balaban J connectivity index is 1.78. The van der Waals surface area contributed by atoms with Gasteiger partial charge in [0, 0.05) is 10.6 Å². The second-order valence-corrected chi connectivity index (χ2v) is 9.13. The number of benzene rings is 3. The first kappa shape index (κ1) is 21.6. The number of methoxy groups -OCH3 is 1. The molecule has 0 saturated carbocycles. The number of carbonyl (C=O) groups is 1. The summed E-state index contributed by atoms with van der Waals surface area (Å²) in [6, 6.07) is 17.7. The lowest BCUT2D eigenvalue weighted by molar-refractivity contribution is 0.0971. The molecule has 1 atom stereocenters. The average Bonchev–Trinajstić information content (AvgIpc) is 3.12. The van der Waals surface area contributed by atoms with E-state index in [1.54, 1.807) is 47.0 Å². The van der Waals surface area contributed by atoms with Crippen molar-refractivity contribution < 1.29 is 13.9 Å². The van der Waals surface area contributed by atoms with Gasteiger partial charge < -0.3 is 9.15 Å². The number of nitrogens with zero attached hydrogens (tertiary/aromatic N) is 1. The molecule has 4 aromatic rings. The second-order valence-electron chi connectivity index (χ2n) is 7.84. The van der Waals surface area contributed by atoms with Crippen LogP contribution in [0, 0.1) is 6.92 Å². The molecule has 1 unspecified atom stereocenters. The van der Waals surface area contributed by atoms with Crippen molar-refractivity contribution in [2.75, 3.05) is 18.3 Å². The largest absolute Gasteiger partial charge is 0.495 e. The second kappa shape index (κ2) is 8.28. The van der Waals surface area contributed by atoms with Crippen LogP contribution < -0.4 is 15.1 Å². The van der Waals surface area contributed by atoms with Gasteiger partial charge in [-0.15, -0.1) is 11.8 Å². The first-order valence-corrected chi connectivity index (χ1v) is 11.9. The van der Waals surface area contributed by atoms with Crippen molar-refractivity contribution in [2.45, 2.75) is 17.9 Å². The Morgan fingerprint density at radius 1 is 1.03 bits per heavy atom. The summed E-state index contributed by atoms with van der Waals surface area (Å²) in [5.41, 5.74) is 2.83. The Bertz CT molecular complexity index is 1460. The molecule has 0 saturated heterocycles. The molecule has 0 fully saturated rings. The summed E-state index contributed by atoms with van der Waals surface area (Å²) in [6.45, 7) is 1.92. The van der Waals surface area contributed by atoms with Crippen LogP contribution >= 0.6 is 23.4 Å². The van der Waals surface area contributed by atoms with E-state index in [1.165, 1.54) is 7.11 Å². The van der Waals surface area contributed by atoms with Gasteiger partial charge in [0.05, 0.1) is 29.1 Å². The smallest absolute Gasteiger partial charge is 0.295 e. The standard InChI is InChI=1S/C26H20ClNO4S/c1-14-4-10-20-18(12-14)24(29)22-23(15-5-8-17(33-3)9-6-15)28(26(30)25(22)32-20)16-7-11-21(31-2)19(27)13-16/h4-13,23H,1-3H3. The fraction of sp³-hybridized carbons (Fsp3) is 0.154. The summed E-state index contributed by atoms with van der Waals surface area (Å²) in [7, 11) is 1.53. The van der Waals surface area contributed by atoms with Crippen molar-refractivity contribution in [3.8, 4) is 5.75 Å². The minimum Gasteiger partial charge on any atom is -0.495 e. The van der Waals surface area contributed by atoms with Crippen molar-refractivity contribution in [1.82, 2.24) is 0 Å². The summed E-state index contributed by atoms with van der Waals surface area (Å²) >= 11 is 8.01. The number of amides is 1. The van der Waals surface area contributed by atoms with Crippen LogP contribution in [0.3, 0.4) is 0 Å². The van der Waals surface area contributed by atoms with Crippen molar-refractivity contribution in [3.63, 3.8) is 0 Å². The van der Waals surface area contributed by atoms with E-state index in [1.807, 2.05) is 43.5 Å². The summed E-state index contributed by atoms with van der Waals surface area (Å²) in [4.78, 5) is 30.0. The van der Waals surface area contributed by atoms with Crippen LogP contribution in [-0.2, 0) is 0 Å². The van der Waals surface area contributed by atoms with Gasteiger partial charge in [-0.1, -0.05) is 35.4 Å². The van der Waals surface area contributed by atoms with Crippen molar-refractivity contribution >= 4 is 45.9 Å². The lowest BCUT2D eigenvalue weighted by atomic mass is 9.98. The predicted molar refractivity (Wildman–Crippen MR) is 132 cm³/mol. The number of anilines is 1. The van der Waals surface area contributed by atoms with Gasteiger partial charge in [0.2, 0.25) is 5.76 Å². The molecule has 5 nitrogen and oxygen atoms in total. The molecule has 0 radical (unpaired) electrons. The van der Waals surface area contributed by atoms with Crippen molar-refractivity contribution in [2.24, 2.45) is 0 Å². The number of thioether (sulfide) groups is 1. The Labute approximate surface area is 199 Å². The van der Waals surface area contributed by atoms with Gasteiger partial charge in [-0.25, -0.2) is 0 Å². The van der Waals surface area contributed by atoms with Gasteiger partial charge in [0.25, 0.3) is 5.91 Å². The van der Waals surface area contributed by atoms with Crippen molar-refractivity contribution in [3.05, 3.63) is 98.4 Å². The molecule has 0 spiro atoms. The third-order valence-corrected chi connectivity index (χ3v) is 6.91. The van der Waals surface area contributed by atoms with E-state index in [-0.39, 0.29) is 17.1 Å². The molecule has 5 rings (SSSR count). The van der Waals surface area contributed by atoms with E-state index in [0.717, 1.165) is 16.0 Å². The lowest BCUT2D eigenvalue weighted by Gasteiger charge is -2.25. The molecule has 3 aromatic carbocycles. The predicted octanol–water partition coefficient (Wildman–Crippen LogP) is 6.24. The number of hydrogen-bond acceptors (Lipinski definition) is 5. The van der Waals surface area contributed by atoms with E-state index in [9.17, 15) is 9.59 Å². The normalized spacial score (nSPS) is 15.2. The van der Waals surface area contributed by atoms with Gasteiger partial charge in [-0.3, -0.25) is 14.5 Å². The summed E-state index contributed by atoms with van der Waals surface area (Å²) < 4.78 is 11.3. The van der Waals surface area contributed by atoms with Crippen molar-refractivity contribution in [1.29, 1.82) is 0 Å². The zero-order valence-electron chi connectivity index (χ0n) is 18.2. The maximum absolute atomic E-state index is 13.7. The minimum absolute atomic E-state index is 0.0576. The first-order chi connectivity index (χ1) is 15.9. The maximum atomic E-state index is 13.7. The molecule has 1 aliphatic heterocycles. The number of aryl methyl sites for hydroxylation is 1. The zero-order chi connectivity index (χ0) is 23.3. The molecule has 0 N–H and O–H groups in total. The SMILES string of the molecule is COc1ccc(N2C(=O)c3oc4ccc(C)cc4c(=O)c3C2c2ccc(SC)cc2)cc1Cl. The van der Waals surface area contributed by atoms with E-state index >= 15 is 0 Å². The summed E-state index contributed by atoms with van der Waals surface area (Å²) in [5.74, 6) is 0.174. The Morgan fingerprint density at radius 3 is 2.45 bits per heavy atom. The fourth-order valence-electron chi connectivity index (χ4n) is 4.26. The molecule has 33 heavy (non-hydrogen) atoms. The van der Waals surface area contributed by atoms with Crippen LogP contribution in [0.1, 0.15) is 33.3 Å². The molecular formula is C26H20ClNO4S. The number of hydrogen-bond donors (Lipinski definition) is 0. The number of rotatable bonds is 4. The lowest BCUT2D eigenvalue weighted by Crippen LogP contribution is -2.29. The van der Waals surface area contributed by atoms with Gasteiger partial charge in [0.1, 0.15) is 11.3 Å². The van der Waals surface area contributed by atoms with Gasteiger partial charge in [-0.2, -0.15) is 0 Å². The van der Waals surface area contributed by atoms with Crippen LogP contribution in [-0.4, -0.2) is 19.3 Å². The number of halogens is 1. The van der Waals surface area contributed by atoms with Gasteiger partial charge >= 0.3 is 0 Å². The number of fused-ring (bicyclic) bond motifs is 2. The zero-order valence-corrected chi connectivity index (χ0v) is 19.8.